The number of hydrogen-bond donors (Lipinski definition) is 1. The molecule has 0 bridgehead atoms. The monoisotopic (exact) mass is 413 g/mol. The van der Waals surface area contributed by atoms with Gasteiger partial charge in [-0.05, 0) is 44.2 Å². The predicted octanol–water partition coefficient (Wildman–Crippen LogP) is 2.92. The van der Waals surface area contributed by atoms with Crippen LogP contribution in [0.2, 0.25) is 0 Å². The minimum atomic E-state index is -1.07. The summed E-state index contributed by atoms with van der Waals surface area (Å²) < 4.78 is 10.5. The lowest BCUT2D eigenvalue weighted by molar-refractivity contribution is -0.385. The molecule has 1 amide bonds. The van der Waals surface area contributed by atoms with E-state index in [-0.39, 0.29) is 16.8 Å². The molecule has 158 valence electrons. The van der Waals surface area contributed by atoms with Crippen molar-refractivity contribution in [2.75, 3.05) is 36.5 Å². The van der Waals surface area contributed by atoms with Crippen molar-refractivity contribution in [3.63, 3.8) is 0 Å². The molecule has 1 fully saturated rings. The number of carbonyl (C=O) groups excluding carboxylic acids is 2. The Hall–Kier alpha value is -3.46. The van der Waals surface area contributed by atoms with E-state index in [2.05, 4.69) is 10.2 Å². The number of amides is 1. The van der Waals surface area contributed by atoms with Crippen molar-refractivity contribution in [3.05, 3.63) is 63.7 Å². The number of nitrogens with one attached hydrogen (secondary N) is 1. The molecule has 0 unspecified atom stereocenters. The Morgan fingerprint density at radius 3 is 2.47 bits per heavy atom. The van der Waals surface area contributed by atoms with Crippen LogP contribution in [0.3, 0.4) is 0 Å². The Kier molecular flexibility index (Phi) is 6.63. The minimum Gasteiger partial charge on any atom is -0.449 e. The van der Waals surface area contributed by atoms with Gasteiger partial charge in [0.05, 0.1) is 23.7 Å². The highest BCUT2D eigenvalue weighted by Gasteiger charge is 2.23. The molecule has 30 heavy (non-hydrogen) atoms. The van der Waals surface area contributed by atoms with Crippen molar-refractivity contribution in [1.29, 1.82) is 0 Å². The topological polar surface area (TPSA) is 111 Å². The first kappa shape index (κ1) is 21.3. The highest BCUT2D eigenvalue weighted by molar-refractivity contribution is 5.98. The lowest BCUT2D eigenvalue weighted by Gasteiger charge is -2.28. The molecule has 1 heterocycles. The Morgan fingerprint density at radius 1 is 1.17 bits per heavy atom. The van der Waals surface area contributed by atoms with Crippen LogP contribution < -0.4 is 10.2 Å². The summed E-state index contributed by atoms with van der Waals surface area (Å²) in [7, 11) is 0. The predicted molar refractivity (Wildman–Crippen MR) is 111 cm³/mol. The van der Waals surface area contributed by atoms with Gasteiger partial charge in [0.15, 0.2) is 6.10 Å². The largest absolute Gasteiger partial charge is 0.449 e. The van der Waals surface area contributed by atoms with Crippen LogP contribution in [0.5, 0.6) is 0 Å². The molecule has 1 saturated heterocycles. The molecule has 2 aromatic rings. The third-order valence-electron chi connectivity index (χ3n) is 4.89. The van der Waals surface area contributed by atoms with Crippen LogP contribution in [-0.4, -0.2) is 49.2 Å². The quantitative estimate of drug-likeness (QED) is 0.440. The van der Waals surface area contributed by atoms with E-state index in [1.54, 1.807) is 12.1 Å². The van der Waals surface area contributed by atoms with Gasteiger partial charge in [-0.25, -0.2) is 4.79 Å². The molecule has 0 aromatic heterocycles. The summed E-state index contributed by atoms with van der Waals surface area (Å²) >= 11 is 0. The molecule has 3 rings (SSSR count). The Morgan fingerprint density at radius 2 is 1.83 bits per heavy atom. The van der Waals surface area contributed by atoms with E-state index in [0.29, 0.717) is 18.9 Å². The number of nitro benzene ring substituents is 1. The first-order chi connectivity index (χ1) is 14.4. The third-order valence-corrected chi connectivity index (χ3v) is 4.89. The number of nitro groups is 1. The standard InChI is InChI=1S/C21H23N3O6/c1-14-18(4-3-5-19(14)24(27)28)21(26)30-15(2)20(25)22-16-6-8-17(9-7-16)23-10-12-29-13-11-23/h3-9,15H,10-13H2,1-2H3,(H,22,25)/t15-/m0/s1. The van der Waals surface area contributed by atoms with Crippen LogP contribution >= 0.6 is 0 Å². The van der Waals surface area contributed by atoms with Crippen molar-refractivity contribution in [3.8, 4) is 0 Å². The van der Waals surface area contributed by atoms with Gasteiger partial charge in [-0.15, -0.1) is 0 Å². The zero-order valence-electron chi connectivity index (χ0n) is 16.8. The summed E-state index contributed by atoms with van der Waals surface area (Å²) in [6.45, 7) is 5.92. The maximum Gasteiger partial charge on any atom is 0.339 e. The average Bonchev–Trinajstić information content (AvgIpc) is 2.74. The zero-order valence-corrected chi connectivity index (χ0v) is 16.8. The first-order valence-corrected chi connectivity index (χ1v) is 9.55. The van der Waals surface area contributed by atoms with Gasteiger partial charge in [-0.3, -0.25) is 14.9 Å². The first-order valence-electron chi connectivity index (χ1n) is 9.55. The number of nitrogens with zero attached hydrogens (tertiary/aromatic N) is 2. The number of carbonyl (C=O) groups is 2. The summed E-state index contributed by atoms with van der Waals surface area (Å²) in [5.41, 5.74) is 1.68. The molecule has 0 radical (unpaired) electrons. The number of morpholine rings is 1. The van der Waals surface area contributed by atoms with E-state index in [1.165, 1.54) is 32.0 Å². The lowest BCUT2D eigenvalue weighted by atomic mass is 10.1. The van der Waals surface area contributed by atoms with Crippen LogP contribution in [0.1, 0.15) is 22.8 Å². The summed E-state index contributed by atoms with van der Waals surface area (Å²) in [5, 5.41) is 13.7. The van der Waals surface area contributed by atoms with Crippen LogP contribution in [0.15, 0.2) is 42.5 Å². The van der Waals surface area contributed by atoms with E-state index in [9.17, 15) is 19.7 Å². The second-order valence-electron chi connectivity index (χ2n) is 6.89. The fourth-order valence-electron chi connectivity index (χ4n) is 3.14. The minimum absolute atomic E-state index is 0.0544. The molecule has 0 spiro atoms. The van der Waals surface area contributed by atoms with E-state index >= 15 is 0 Å². The van der Waals surface area contributed by atoms with Gasteiger partial charge in [0.25, 0.3) is 11.6 Å². The van der Waals surface area contributed by atoms with Gasteiger partial charge in [0.1, 0.15) is 0 Å². The molecular weight excluding hydrogens is 390 g/mol. The second kappa shape index (κ2) is 9.36. The van der Waals surface area contributed by atoms with Crippen molar-refractivity contribution >= 4 is 28.9 Å². The Bertz CT molecular complexity index is 938. The van der Waals surface area contributed by atoms with Gasteiger partial charge in [0.2, 0.25) is 0 Å². The molecule has 1 atom stereocenters. The van der Waals surface area contributed by atoms with Gasteiger partial charge in [-0.2, -0.15) is 0 Å². The maximum absolute atomic E-state index is 12.4. The van der Waals surface area contributed by atoms with E-state index in [0.717, 1.165) is 18.8 Å². The summed E-state index contributed by atoms with van der Waals surface area (Å²) in [6, 6.07) is 11.5. The Labute approximate surface area is 173 Å². The van der Waals surface area contributed by atoms with Gasteiger partial charge < -0.3 is 19.7 Å². The molecule has 2 aromatic carbocycles. The third kappa shape index (κ3) is 4.93. The molecule has 0 saturated carbocycles. The summed E-state index contributed by atoms with van der Waals surface area (Å²) in [6.07, 6.45) is -1.07. The zero-order chi connectivity index (χ0) is 21.7. The number of anilines is 2. The van der Waals surface area contributed by atoms with Crippen molar-refractivity contribution in [2.24, 2.45) is 0 Å². The molecular formula is C21H23N3O6. The highest BCUT2D eigenvalue weighted by atomic mass is 16.6. The SMILES string of the molecule is Cc1c(C(=O)O[C@@H](C)C(=O)Nc2ccc(N3CCOCC3)cc2)cccc1[N+](=O)[O-]. The fraction of sp³-hybridized carbons (Fsp3) is 0.333. The van der Waals surface area contributed by atoms with Crippen LogP contribution in [0.4, 0.5) is 17.1 Å². The molecule has 0 aliphatic carbocycles. The van der Waals surface area contributed by atoms with E-state index in [1.807, 2.05) is 12.1 Å². The molecule has 9 heteroatoms. The summed E-state index contributed by atoms with van der Waals surface area (Å²) in [4.78, 5) is 37.5. The van der Waals surface area contributed by atoms with Crippen molar-refractivity contribution < 1.29 is 24.0 Å². The molecule has 1 aliphatic heterocycles. The highest BCUT2D eigenvalue weighted by Crippen LogP contribution is 2.23. The van der Waals surface area contributed by atoms with E-state index < -0.39 is 22.9 Å². The number of rotatable bonds is 6. The number of esters is 1. The van der Waals surface area contributed by atoms with Crippen molar-refractivity contribution in [1.82, 2.24) is 0 Å². The van der Waals surface area contributed by atoms with Crippen LogP contribution in [0, 0.1) is 17.0 Å². The maximum atomic E-state index is 12.4. The molecule has 1 aliphatic rings. The number of benzene rings is 2. The van der Waals surface area contributed by atoms with Crippen LogP contribution in [0.25, 0.3) is 0 Å². The lowest BCUT2D eigenvalue weighted by Crippen LogP contribution is -2.36. The average molecular weight is 413 g/mol. The number of ether oxygens (including phenoxy) is 2. The number of hydrogen-bond acceptors (Lipinski definition) is 7. The molecule has 1 N–H and O–H groups in total. The van der Waals surface area contributed by atoms with E-state index in [4.69, 9.17) is 9.47 Å². The molecule has 9 nitrogen and oxygen atoms in total. The van der Waals surface area contributed by atoms with Gasteiger partial charge >= 0.3 is 5.97 Å². The smallest absolute Gasteiger partial charge is 0.339 e. The van der Waals surface area contributed by atoms with Gasteiger partial charge in [-0.1, -0.05) is 6.07 Å². The van der Waals surface area contributed by atoms with Crippen molar-refractivity contribution in [2.45, 2.75) is 20.0 Å². The van der Waals surface area contributed by atoms with Crippen LogP contribution in [-0.2, 0) is 14.3 Å². The normalized spacial score (nSPS) is 14.7. The fourth-order valence-corrected chi connectivity index (χ4v) is 3.14. The Balaban J connectivity index is 1.60. The summed E-state index contributed by atoms with van der Waals surface area (Å²) in [5.74, 6) is -1.29. The second-order valence-corrected chi connectivity index (χ2v) is 6.89. The van der Waals surface area contributed by atoms with Gasteiger partial charge in [0, 0.05) is 36.1 Å².